The van der Waals surface area contributed by atoms with Gasteiger partial charge in [0.1, 0.15) is 35.7 Å². The smallest absolute Gasteiger partial charge is 0.229 e. The molecule has 208 valence electrons. The van der Waals surface area contributed by atoms with E-state index in [0.717, 1.165) is 0 Å². The highest BCUT2D eigenvalue weighted by atomic mass is 16.7. The van der Waals surface area contributed by atoms with E-state index in [1.165, 1.54) is 48.5 Å². The van der Waals surface area contributed by atoms with E-state index in [9.17, 15) is 20.1 Å². The molecule has 0 aromatic heterocycles. The highest BCUT2D eigenvalue weighted by molar-refractivity contribution is 6.04. The van der Waals surface area contributed by atoms with E-state index in [1.54, 1.807) is 12.1 Å². The lowest BCUT2D eigenvalue weighted by Crippen LogP contribution is -2.58. The van der Waals surface area contributed by atoms with Crippen LogP contribution in [-0.2, 0) is 4.74 Å². The summed E-state index contributed by atoms with van der Waals surface area (Å²) in [4.78, 5) is 13.6. The molecule has 3 N–H and O–H groups in total. The largest absolute Gasteiger partial charge is 0.493 e. The van der Waals surface area contributed by atoms with Gasteiger partial charge in [-0.1, -0.05) is 0 Å². The van der Waals surface area contributed by atoms with Gasteiger partial charge in [0.25, 0.3) is 0 Å². The number of carbonyl (C=O) groups excluding carboxylic acids is 1. The molecule has 2 heterocycles. The van der Waals surface area contributed by atoms with Crippen molar-refractivity contribution in [3.05, 3.63) is 29.3 Å². The Kier molecular flexibility index (Phi) is 8.07. The van der Waals surface area contributed by atoms with Crippen LogP contribution in [-0.4, -0.2) is 87.4 Å². The maximum atomic E-state index is 13.6. The molecule has 12 nitrogen and oxygen atoms in total. The first-order chi connectivity index (χ1) is 18.2. The summed E-state index contributed by atoms with van der Waals surface area (Å²) in [6, 6.07) is 4.90. The molecule has 1 fully saturated rings. The van der Waals surface area contributed by atoms with Crippen LogP contribution < -0.4 is 33.2 Å². The van der Waals surface area contributed by atoms with E-state index in [4.69, 9.17) is 37.9 Å². The van der Waals surface area contributed by atoms with Gasteiger partial charge in [-0.15, -0.1) is 0 Å². The van der Waals surface area contributed by atoms with Crippen molar-refractivity contribution in [2.75, 3.05) is 35.5 Å². The minimum Gasteiger partial charge on any atom is -0.493 e. The average molecular weight is 537 g/mol. The molecule has 0 unspecified atom stereocenters. The van der Waals surface area contributed by atoms with E-state index in [-0.39, 0.29) is 40.8 Å². The Morgan fingerprint density at radius 2 is 1.34 bits per heavy atom. The van der Waals surface area contributed by atoms with Gasteiger partial charge < -0.3 is 53.2 Å². The summed E-state index contributed by atoms with van der Waals surface area (Å²) in [5.41, 5.74) is 0.656. The molecule has 0 aliphatic carbocycles. The molecule has 0 spiro atoms. The van der Waals surface area contributed by atoms with Crippen LogP contribution in [0.15, 0.2) is 18.2 Å². The van der Waals surface area contributed by atoms with E-state index in [1.807, 2.05) is 0 Å². The highest BCUT2D eigenvalue weighted by Gasteiger charge is 2.45. The lowest BCUT2D eigenvalue weighted by atomic mass is 9.94. The number of hydrogen-bond acceptors (Lipinski definition) is 12. The van der Waals surface area contributed by atoms with Crippen molar-refractivity contribution in [3.8, 4) is 40.2 Å². The van der Waals surface area contributed by atoms with Crippen molar-refractivity contribution in [2.45, 2.75) is 50.2 Å². The number of ether oxygens (including phenoxy) is 8. The van der Waals surface area contributed by atoms with Crippen molar-refractivity contribution >= 4 is 5.78 Å². The van der Waals surface area contributed by atoms with Crippen LogP contribution >= 0.6 is 0 Å². The molecule has 2 aliphatic rings. The Hall–Kier alpha value is -3.45. The summed E-state index contributed by atoms with van der Waals surface area (Å²) in [6.07, 6.45) is -7.55. The van der Waals surface area contributed by atoms with Crippen molar-refractivity contribution in [3.63, 3.8) is 0 Å². The average Bonchev–Trinajstić information content (AvgIpc) is 2.92. The van der Waals surface area contributed by atoms with Gasteiger partial charge in [-0.2, -0.15) is 0 Å². The number of aliphatic hydroxyl groups excluding tert-OH is 3. The van der Waals surface area contributed by atoms with Crippen LogP contribution in [0.1, 0.15) is 35.4 Å². The summed E-state index contributed by atoms with van der Waals surface area (Å²) in [6.45, 7) is 1.52. The Labute approximate surface area is 219 Å². The minimum absolute atomic E-state index is 0.0513. The molecule has 0 radical (unpaired) electrons. The van der Waals surface area contributed by atoms with Crippen LogP contribution in [0.25, 0.3) is 0 Å². The second-order valence-corrected chi connectivity index (χ2v) is 8.81. The van der Waals surface area contributed by atoms with Gasteiger partial charge in [0.2, 0.25) is 17.8 Å². The zero-order valence-corrected chi connectivity index (χ0v) is 21.9. The molecular formula is C26H32O12. The van der Waals surface area contributed by atoms with Crippen molar-refractivity contribution in [2.24, 2.45) is 0 Å². The molecule has 0 amide bonds. The number of benzene rings is 2. The second-order valence-electron chi connectivity index (χ2n) is 8.81. The summed E-state index contributed by atoms with van der Waals surface area (Å²) in [5.74, 6) is 1.17. The summed E-state index contributed by atoms with van der Waals surface area (Å²) >= 11 is 0. The van der Waals surface area contributed by atoms with Crippen molar-refractivity contribution in [1.29, 1.82) is 0 Å². The lowest BCUT2D eigenvalue weighted by Gasteiger charge is -2.39. The predicted molar refractivity (Wildman–Crippen MR) is 131 cm³/mol. The maximum absolute atomic E-state index is 13.6. The van der Waals surface area contributed by atoms with Crippen molar-refractivity contribution < 1.29 is 58.0 Å². The summed E-state index contributed by atoms with van der Waals surface area (Å²) in [7, 11) is 7.24. The van der Waals surface area contributed by atoms with Crippen LogP contribution in [0.3, 0.4) is 0 Å². The van der Waals surface area contributed by atoms with Gasteiger partial charge in [0.05, 0.1) is 48.1 Å². The zero-order chi connectivity index (χ0) is 27.7. The Bertz CT molecular complexity index is 1160. The molecule has 4 rings (SSSR count). The Morgan fingerprint density at radius 3 is 1.89 bits per heavy atom. The molecular weight excluding hydrogens is 504 g/mol. The number of fused-ring (bicyclic) bond motifs is 1. The van der Waals surface area contributed by atoms with Crippen molar-refractivity contribution in [1.82, 2.24) is 0 Å². The predicted octanol–water partition coefficient (Wildman–Crippen LogP) is 1.64. The Balaban J connectivity index is 1.77. The number of ketones is 1. The van der Waals surface area contributed by atoms with Gasteiger partial charge in [-0.3, -0.25) is 4.79 Å². The summed E-state index contributed by atoms with van der Waals surface area (Å²) < 4.78 is 44.9. The van der Waals surface area contributed by atoms with Gasteiger partial charge in [-0.05, 0) is 19.1 Å². The van der Waals surface area contributed by atoms with E-state index in [0.29, 0.717) is 22.8 Å². The molecule has 6 atom stereocenters. The first kappa shape index (κ1) is 27.6. The van der Waals surface area contributed by atoms with Crippen LogP contribution in [0.2, 0.25) is 0 Å². The molecule has 12 heteroatoms. The molecule has 2 aromatic rings. The standard InChI is InChI=1S/C26H32O12/c1-11-20(28)21(29)22(30)26(36-11)38-25-19-13(27)9-14(37-15(19)10-18(33-4)24(25)35-6)12-7-16(31-2)23(34-5)17(8-12)32-3/h7-8,10-11,14,20-22,26,28-30H,9H2,1-6H3/t11-,14-,20-,21+,22-,26-/m0/s1. The first-order valence-corrected chi connectivity index (χ1v) is 11.8. The molecule has 0 bridgehead atoms. The lowest BCUT2D eigenvalue weighted by molar-refractivity contribution is -0.268. The fourth-order valence-corrected chi connectivity index (χ4v) is 4.57. The Morgan fingerprint density at radius 1 is 0.763 bits per heavy atom. The van der Waals surface area contributed by atoms with Crippen LogP contribution in [0, 0.1) is 0 Å². The number of Topliss-reactive ketones (excluding diaryl/α,β-unsaturated/α-hetero) is 1. The monoisotopic (exact) mass is 536 g/mol. The third-order valence-electron chi connectivity index (χ3n) is 6.61. The molecule has 0 saturated carbocycles. The number of aliphatic hydroxyl groups is 3. The van der Waals surface area contributed by atoms with Gasteiger partial charge >= 0.3 is 0 Å². The topological polar surface area (TPSA) is 152 Å². The highest BCUT2D eigenvalue weighted by Crippen LogP contribution is 2.51. The van der Waals surface area contributed by atoms with Gasteiger partial charge in [0, 0.05) is 11.6 Å². The third-order valence-corrected chi connectivity index (χ3v) is 6.61. The van der Waals surface area contributed by atoms with Crippen LogP contribution in [0.4, 0.5) is 0 Å². The zero-order valence-electron chi connectivity index (χ0n) is 21.9. The minimum atomic E-state index is -1.61. The first-order valence-electron chi connectivity index (χ1n) is 11.8. The fraction of sp³-hybridized carbons (Fsp3) is 0.500. The summed E-state index contributed by atoms with van der Waals surface area (Å²) in [5, 5.41) is 30.8. The number of carbonyl (C=O) groups is 1. The third kappa shape index (κ3) is 4.75. The van der Waals surface area contributed by atoms with E-state index in [2.05, 4.69) is 0 Å². The van der Waals surface area contributed by atoms with Gasteiger partial charge in [-0.25, -0.2) is 0 Å². The van der Waals surface area contributed by atoms with Gasteiger partial charge in [0.15, 0.2) is 28.8 Å². The molecule has 2 aliphatic heterocycles. The van der Waals surface area contributed by atoms with E-state index < -0.39 is 36.8 Å². The molecule has 2 aromatic carbocycles. The number of methoxy groups -OCH3 is 5. The quantitative estimate of drug-likeness (QED) is 0.450. The molecule has 1 saturated heterocycles. The maximum Gasteiger partial charge on any atom is 0.229 e. The normalized spacial score (nSPS) is 26.6. The number of rotatable bonds is 8. The number of hydrogen-bond donors (Lipinski definition) is 3. The SMILES string of the molecule is COc1cc([C@@H]2CC(=O)c3c(cc(OC)c(OC)c3O[C@@H]3O[C@@H](C)[C@H](O)[C@@H](O)[C@@H]3O)O2)cc(OC)c1OC. The van der Waals surface area contributed by atoms with Crippen LogP contribution in [0.5, 0.6) is 40.2 Å². The molecule has 38 heavy (non-hydrogen) atoms. The fourth-order valence-electron chi connectivity index (χ4n) is 4.57. The second kappa shape index (κ2) is 11.1. The van der Waals surface area contributed by atoms with E-state index >= 15 is 0 Å².